The monoisotopic (exact) mass is 307 g/mol. The molecule has 0 bridgehead atoms. The van der Waals surface area contributed by atoms with E-state index in [9.17, 15) is 5.11 Å². The number of nitrogens with zero attached hydrogens (tertiary/aromatic N) is 3. The number of pyridine rings is 1. The Labute approximate surface area is 123 Å². The molecule has 0 aliphatic rings. The number of aromatic nitrogens is 3. The summed E-state index contributed by atoms with van der Waals surface area (Å²) < 4.78 is 5.12. The van der Waals surface area contributed by atoms with E-state index in [0.717, 1.165) is 0 Å². The topological polar surface area (TPSA) is 72.0 Å². The first-order chi connectivity index (χ1) is 9.63. The quantitative estimate of drug-likeness (QED) is 0.779. The lowest BCUT2D eigenvalue weighted by molar-refractivity contribution is 0.425. The lowest BCUT2D eigenvalue weighted by Crippen LogP contribution is -1.85. The van der Waals surface area contributed by atoms with Crippen LogP contribution in [0.15, 0.2) is 41.1 Å². The van der Waals surface area contributed by atoms with Gasteiger partial charge < -0.3 is 9.63 Å². The molecular formula is C13H7Cl2N3O2. The molecule has 100 valence electrons. The van der Waals surface area contributed by atoms with E-state index in [1.165, 1.54) is 12.3 Å². The highest BCUT2D eigenvalue weighted by atomic mass is 35.5. The van der Waals surface area contributed by atoms with E-state index >= 15 is 0 Å². The molecule has 0 fully saturated rings. The third-order valence-corrected chi connectivity index (χ3v) is 3.03. The highest BCUT2D eigenvalue weighted by molar-refractivity contribution is 6.31. The second-order valence-corrected chi connectivity index (χ2v) is 4.82. The lowest BCUT2D eigenvalue weighted by Gasteiger charge is -1.98. The van der Waals surface area contributed by atoms with E-state index in [2.05, 4.69) is 15.1 Å². The van der Waals surface area contributed by atoms with Gasteiger partial charge in [0.2, 0.25) is 5.82 Å². The molecule has 3 aromatic rings. The average Bonchev–Trinajstić information content (AvgIpc) is 2.92. The number of phenols is 1. The molecular weight excluding hydrogens is 301 g/mol. The molecule has 0 atom stereocenters. The minimum Gasteiger partial charge on any atom is -0.507 e. The predicted molar refractivity (Wildman–Crippen MR) is 74.6 cm³/mol. The van der Waals surface area contributed by atoms with Crippen molar-refractivity contribution in [2.75, 3.05) is 0 Å². The van der Waals surface area contributed by atoms with Crippen molar-refractivity contribution in [3.63, 3.8) is 0 Å². The van der Waals surface area contributed by atoms with Crippen LogP contribution in [0.3, 0.4) is 0 Å². The van der Waals surface area contributed by atoms with Crippen LogP contribution in [0.5, 0.6) is 5.75 Å². The third kappa shape index (κ3) is 2.45. The zero-order chi connectivity index (χ0) is 14.1. The van der Waals surface area contributed by atoms with Crippen LogP contribution in [-0.2, 0) is 0 Å². The van der Waals surface area contributed by atoms with E-state index in [0.29, 0.717) is 27.1 Å². The van der Waals surface area contributed by atoms with Gasteiger partial charge in [-0.15, -0.1) is 0 Å². The molecule has 0 unspecified atom stereocenters. The Kier molecular flexibility index (Phi) is 3.30. The zero-order valence-electron chi connectivity index (χ0n) is 9.92. The number of rotatable bonds is 2. The van der Waals surface area contributed by atoms with Gasteiger partial charge in [-0.1, -0.05) is 28.4 Å². The van der Waals surface area contributed by atoms with E-state index in [1.54, 1.807) is 24.3 Å². The van der Waals surface area contributed by atoms with E-state index in [4.69, 9.17) is 27.7 Å². The van der Waals surface area contributed by atoms with Gasteiger partial charge >= 0.3 is 0 Å². The maximum atomic E-state index is 9.79. The number of hydrogen-bond donors (Lipinski definition) is 1. The average molecular weight is 308 g/mol. The number of hydrogen-bond acceptors (Lipinski definition) is 5. The fourth-order valence-corrected chi connectivity index (χ4v) is 1.91. The number of aromatic hydroxyl groups is 1. The minimum atomic E-state index is 0.00802. The van der Waals surface area contributed by atoms with Crippen LogP contribution in [0, 0.1) is 0 Å². The van der Waals surface area contributed by atoms with E-state index in [-0.39, 0.29) is 11.6 Å². The molecule has 0 aliphatic heterocycles. The van der Waals surface area contributed by atoms with Gasteiger partial charge in [0.1, 0.15) is 11.4 Å². The molecule has 0 radical (unpaired) electrons. The van der Waals surface area contributed by atoms with Crippen molar-refractivity contribution in [3.05, 3.63) is 46.6 Å². The Morgan fingerprint density at radius 2 is 1.85 bits per heavy atom. The second-order valence-electron chi connectivity index (χ2n) is 3.95. The molecule has 0 saturated heterocycles. The molecule has 0 aliphatic carbocycles. The summed E-state index contributed by atoms with van der Waals surface area (Å²) in [5.74, 6) is 0.474. The lowest BCUT2D eigenvalue weighted by atomic mass is 10.2. The Bertz CT molecular complexity index is 757. The van der Waals surface area contributed by atoms with Crippen LogP contribution in [0.2, 0.25) is 10.0 Å². The summed E-state index contributed by atoms with van der Waals surface area (Å²) in [5, 5.41) is 14.6. The van der Waals surface area contributed by atoms with Gasteiger partial charge in [0.05, 0.1) is 10.6 Å². The van der Waals surface area contributed by atoms with Crippen LogP contribution in [0.4, 0.5) is 0 Å². The zero-order valence-corrected chi connectivity index (χ0v) is 11.4. The van der Waals surface area contributed by atoms with Crippen LogP contribution < -0.4 is 0 Å². The summed E-state index contributed by atoms with van der Waals surface area (Å²) in [6.07, 6.45) is 1.49. The molecule has 0 amide bonds. The van der Waals surface area contributed by atoms with Gasteiger partial charge in [0.25, 0.3) is 5.89 Å². The molecule has 1 N–H and O–H groups in total. The van der Waals surface area contributed by atoms with Crippen molar-refractivity contribution >= 4 is 23.2 Å². The molecule has 2 aromatic heterocycles. The number of halogens is 2. The van der Waals surface area contributed by atoms with Gasteiger partial charge in [-0.25, -0.2) is 0 Å². The summed E-state index contributed by atoms with van der Waals surface area (Å²) in [6, 6.07) is 7.93. The van der Waals surface area contributed by atoms with Crippen molar-refractivity contribution in [2.45, 2.75) is 0 Å². The molecule has 3 rings (SSSR count). The predicted octanol–water partition coefficient (Wildman–Crippen LogP) is 3.81. The third-order valence-electron chi connectivity index (χ3n) is 2.57. The molecule has 0 spiro atoms. The standard InChI is InChI=1S/C13H7Cl2N3O2/c14-7-2-4-11(19)9(5-7)13-17-12(18-20-13)10-3-1-8(15)6-16-10/h1-6,19H. The summed E-state index contributed by atoms with van der Waals surface area (Å²) in [5.41, 5.74) is 0.885. The maximum Gasteiger partial charge on any atom is 0.262 e. The van der Waals surface area contributed by atoms with E-state index < -0.39 is 0 Å². The smallest absolute Gasteiger partial charge is 0.262 e. The van der Waals surface area contributed by atoms with Crippen molar-refractivity contribution in [2.24, 2.45) is 0 Å². The maximum absolute atomic E-state index is 9.79. The Hall–Kier alpha value is -2.11. The normalized spacial score (nSPS) is 10.7. The fraction of sp³-hybridized carbons (Fsp3) is 0. The van der Waals surface area contributed by atoms with Crippen molar-refractivity contribution in [3.8, 4) is 28.7 Å². The SMILES string of the molecule is Oc1ccc(Cl)cc1-c1nc(-c2ccc(Cl)cn2)no1. The summed E-state index contributed by atoms with van der Waals surface area (Å²) in [4.78, 5) is 8.27. The van der Waals surface area contributed by atoms with Crippen molar-refractivity contribution < 1.29 is 9.63 Å². The highest BCUT2D eigenvalue weighted by Crippen LogP contribution is 2.31. The molecule has 7 heteroatoms. The molecule has 5 nitrogen and oxygen atoms in total. The first-order valence-electron chi connectivity index (χ1n) is 5.58. The highest BCUT2D eigenvalue weighted by Gasteiger charge is 2.15. The minimum absolute atomic E-state index is 0.00802. The number of benzene rings is 1. The van der Waals surface area contributed by atoms with E-state index in [1.807, 2.05) is 0 Å². The van der Waals surface area contributed by atoms with Gasteiger partial charge in [-0.3, -0.25) is 4.98 Å². The van der Waals surface area contributed by atoms with Crippen LogP contribution in [0.1, 0.15) is 0 Å². The first kappa shape index (κ1) is 12.9. The fourth-order valence-electron chi connectivity index (χ4n) is 1.62. The Balaban J connectivity index is 2.01. The van der Waals surface area contributed by atoms with Crippen LogP contribution in [0.25, 0.3) is 23.0 Å². The largest absolute Gasteiger partial charge is 0.507 e. The molecule has 1 aromatic carbocycles. The van der Waals surface area contributed by atoms with Gasteiger partial charge in [0.15, 0.2) is 0 Å². The summed E-state index contributed by atoms with van der Waals surface area (Å²) in [6.45, 7) is 0. The summed E-state index contributed by atoms with van der Waals surface area (Å²) >= 11 is 11.6. The van der Waals surface area contributed by atoms with Crippen LogP contribution in [-0.4, -0.2) is 20.2 Å². The Morgan fingerprint density at radius 3 is 2.60 bits per heavy atom. The second kappa shape index (κ2) is 5.11. The van der Waals surface area contributed by atoms with Crippen molar-refractivity contribution in [1.82, 2.24) is 15.1 Å². The number of phenolic OH excluding ortho intramolecular Hbond substituents is 1. The molecule has 0 saturated carbocycles. The van der Waals surface area contributed by atoms with Crippen LogP contribution >= 0.6 is 23.2 Å². The van der Waals surface area contributed by atoms with Gasteiger partial charge in [0, 0.05) is 11.2 Å². The molecule has 2 heterocycles. The molecule has 20 heavy (non-hydrogen) atoms. The van der Waals surface area contributed by atoms with Gasteiger partial charge in [-0.2, -0.15) is 4.98 Å². The first-order valence-corrected chi connectivity index (χ1v) is 6.33. The Morgan fingerprint density at radius 1 is 1.05 bits per heavy atom. The van der Waals surface area contributed by atoms with Gasteiger partial charge in [-0.05, 0) is 30.3 Å². The van der Waals surface area contributed by atoms with Crippen molar-refractivity contribution in [1.29, 1.82) is 0 Å². The summed E-state index contributed by atoms with van der Waals surface area (Å²) in [7, 11) is 0.